The lowest BCUT2D eigenvalue weighted by atomic mass is 10.1. The monoisotopic (exact) mass is 625 g/mol. The molecule has 2 N–H and O–H groups in total. The van der Waals surface area contributed by atoms with Crippen molar-refractivity contribution in [3.63, 3.8) is 0 Å². The van der Waals surface area contributed by atoms with E-state index in [1.54, 1.807) is 34.8 Å². The Hall–Kier alpha value is -4.24. The van der Waals surface area contributed by atoms with Crippen molar-refractivity contribution in [3.8, 4) is 17.2 Å². The average Bonchev–Trinajstić information content (AvgIpc) is 3.53. The first kappa shape index (κ1) is 31.2. The number of nitrogens with zero attached hydrogens (tertiary/aromatic N) is 4. The van der Waals surface area contributed by atoms with Crippen molar-refractivity contribution in [2.24, 2.45) is 0 Å². The minimum Gasteiger partial charge on any atom is -0.497 e. The highest BCUT2D eigenvalue weighted by molar-refractivity contribution is 7.89. The zero-order chi connectivity index (χ0) is 31.1. The van der Waals surface area contributed by atoms with E-state index in [1.807, 2.05) is 18.3 Å². The van der Waals surface area contributed by atoms with E-state index in [1.165, 1.54) is 31.4 Å². The van der Waals surface area contributed by atoms with Crippen molar-refractivity contribution < 1.29 is 37.4 Å². The zero-order valence-corrected chi connectivity index (χ0v) is 25.1. The smallest absolute Gasteiger partial charge is 0.261 e. The van der Waals surface area contributed by atoms with Crippen LogP contribution in [0, 0.1) is 0 Å². The van der Waals surface area contributed by atoms with Crippen LogP contribution in [0.25, 0.3) is 0 Å². The van der Waals surface area contributed by atoms with Crippen LogP contribution in [0.15, 0.2) is 71.9 Å². The molecule has 234 valence electrons. The minimum atomic E-state index is -4.31. The van der Waals surface area contributed by atoms with Gasteiger partial charge in [0.15, 0.2) is 11.5 Å². The number of fused-ring (bicyclic) bond motifs is 1. The van der Waals surface area contributed by atoms with E-state index in [4.69, 9.17) is 14.2 Å². The predicted octanol–water partition coefficient (Wildman–Crippen LogP) is 2.01. The molecular weight excluding hydrogens is 590 g/mol. The van der Waals surface area contributed by atoms with Gasteiger partial charge < -0.3 is 19.1 Å². The molecule has 3 aromatic rings. The number of hydroxylamine groups is 1. The van der Waals surface area contributed by atoms with Crippen molar-refractivity contribution in [2.45, 2.75) is 36.9 Å². The molecule has 2 aliphatic rings. The molecule has 1 atom stereocenters. The van der Waals surface area contributed by atoms with Crippen LogP contribution >= 0.6 is 0 Å². The maximum atomic E-state index is 14.0. The van der Waals surface area contributed by atoms with E-state index in [0.29, 0.717) is 49.0 Å². The molecule has 3 heterocycles. The normalized spacial score (nSPS) is 15.7. The third-order valence-corrected chi connectivity index (χ3v) is 9.56. The standard InChI is InChI=1S/C30H35N5O8S/c1-41-24-5-7-25(8-6-24)44(39,40)35(20-22-4-10-27-28(17-22)43-21-42-27)26(30(37)32-38)9-11-29(36)34-15-13-33(14-16-34)19-23-3-2-12-31-18-23/h2-8,10,12,17-18,26,38H,9,11,13-16,19-21H2,1H3,(H,32,37)/t26-/m1/s1. The highest BCUT2D eigenvalue weighted by Gasteiger charge is 2.37. The summed E-state index contributed by atoms with van der Waals surface area (Å²) >= 11 is 0. The molecule has 0 saturated carbocycles. The summed E-state index contributed by atoms with van der Waals surface area (Å²) in [6.07, 6.45) is 3.29. The Morgan fingerprint density at radius 2 is 1.80 bits per heavy atom. The Kier molecular flexibility index (Phi) is 9.95. The number of benzene rings is 2. The van der Waals surface area contributed by atoms with Crippen LogP contribution in [0.4, 0.5) is 0 Å². The molecule has 0 aliphatic carbocycles. The topological polar surface area (TPSA) is 151 Å². The summed E-state index contributed by atoms with van der Waals surface area (Å²) in [7, 11) is -2.84. The number of sulfonamides is 1. The number of carbonyl (C=O) groups is 2. The van der Waals surface area contributed by atoms with Crippen LogP contribution in [0.3, 0.4) is 0 Å². The molecule has 5 rings (SSSR count). The van der Waals surface area contributed by atoms with Crippen LogP contribution in [-0.4, -0.2) is 90.7 Å². The number of methoxy groups -OCH3 is 1. The number of nitrogens with one attached hydrogen (secondary N) is 1. The van der Waals surface area contributed by atoms with Gasteiger partial charge in [0.1, 0.15) is 11.8 Å². The maximum absolute atomic E-state index is 14.0. The Morgan fingerprint density at radius 3 is 2.48 bits per heavy atom. The summed E-state index contributed by atoms with van der Waals surface area (Å²) in [6.45, 7) is 2.88. The molecule has 1 aromatic heterocycles. The Labute approximate surface area is 255 Å². The van der Waals surface area contributed by atoms with Crippen LogP contribution < -0.4 is 19.7 Å². The fourth-order valence-corrected chi connectivity index (χ4v) is 6.87. The molecule has 0 bridgehead atoms. The Morgan fingerprint density at radius 1 is 1.05 bits per heavy atom. The van der Waals surface area contributed by atoms with Gasteiger partial charge in [-0.3, -0.25) is 24.7 Å². The first-order valence-electron chi connectivity index (χ1n) is 14.2. The SMILES string of the molecule is COc1ccc(S(=O)(=O)N(Cc2ccc3c(c2)OCO3)[C@H](CCC(=O)N2CCN(Cc3cccnc3)CC2)C(=O)NO)cc1. The second-order valence-electron chi connectivity index (χ2n) is 10.5. The molecule has 0 spiro atoms. The number of ether oxygens (including phenoxy) is 3. The van der Waals surface area contributed by atoms with Gasteiger partial charge in [-0.2, -0.15) is 4.31 Å². The first-order valence-corrected chi connectivity index (χ1v) is 15.6. The number of carbonyl (C=O) groups excluding carboxylic acids is 2. The highest BCUT2D eigenvalue weighted by atomic mass is 32.2. The number of rotatable bonds is 12. The summed E-state index contributed by atoms with van der Waals surface area (Å²) in [5.41, 5.74) is 3.22. The average molecular weight is 626 g/mol. The quantitative estimate of drug-likeness (QED) is 0.226. The van der Waals surface area contributed by atoms with Crippen molar-refractivity contribution in [1.29, 1.82) is 0 Å². The third kappa shape index (κ3) is 7.27. The highest BCUT2D eigenvalue weighted by Crippen LogP contribution is 2.34. The van der Waals surface area contributed by atoms with Gasteiger partial charge in [0.25, 0.3) is 5.91 Å². The molecule has 0 unspecified atom stereocenters. The number of pyridine rings is 1. The van der Waals surface area contributed by atoms with Gasteiger partial charge in [-0.1, -0.05) is 12.1 Å². The van der Waals surface area contributed by atoms with Gasteiger partial charge in [0.05, 0.1) is 12.0 Å². The van der Waals surface area contributed by atoms with E-state index in [-0.39, 0.29) is 37.0 Å². The molecule has 13 nitrogen and oxygen atoms in total. The van der Waals surface area contributed by atoms with Gasteiger partial charge in [0.2, 0.25) is 22.7 Å². The van der Waals surface area contributed by atoms with E-state index in [9.17, 15) is 23.2 Å². The van der Waals surface area contributed by atoms with Gasteiger partial charge in [-0.05, 0) is 60.0 Å². The van der Waals surface area contributed by atoms with Crippen LogP contribution in [0.5, 0.6) is 17.2 Å². The van der Waals surface area contributed by atoms with E-state index in [2.05, 4.69) is 9.88 Å². The van der Waals surface area contributed by atoms with E-state index < -0.39 is 22.0 Å². The van der Waals surface area contributed by atoms with Crippen LogP contribution in [0.1, 0.15) is 24.0 Å². The van der Waals surface area contributed by atoms with Gasteiger partial charge in [-0.25, -0.2) is 13.9 Å². The lowest BCUT2D eigenvalue weighted by molar-refractivity contribution is -0.135. The minimum absolute atomic E-state index is 0.0437. The molecule has 44 heavy (non-hydrogen) atoms. The second kappa shape index (κ2) is 14.0. The lowest BCUT2D eigenvalue weighted by Gasteiger charge is -2.35. The largest absolute Gasteiger partial charge is 0.497 e. The molecule has 0 radical (unpaired) electrons. The number of piperazine rings is 1. The molecule has 2 aromatic carbocycles. The summed E-state index contributed by atoms with van der Waals surface area (Å²) in [6, 6.07) is 13.2. The number of aromatic nitrogens is 1. The number of hydrogen-bond acceptors (Lipinski definition) is 10. The molecule has 1 saturated heterocycles. The fraction of sp³-hybridized carbons (Fsp3) is 0.367. The molecular formula is C30H35N5O8S. The summed E-state index contributed by atoms with van der Waals surface area (Å²) in [5.74, 6) is 0.282. The van der Waals surface area contributed by atoms with Crippen LogP contribution in [-0.2, 0) is 32.7 Å². The van der Waals surface area contributed by atoms with Crippen molar-refractivity contribution in [1.82, 2.24) is 24.6 Å². The first-order chi connectivity index (χ1) is 21.3. The molecule has 2 aliphatic heterocycles. The number of hydrogen-bond donors (Lipinski definition) is 2. The third-order valence-electron chi connectivity index (χ3n) is 7.69. The summed E-state index contributed by atoms with van der Waals surface area (Å²) in [5, 5.41) is 9.64. The maximum Gasteiger partial charge on any atom is 0.261 e. The molecule has 1 fully saturated rings. The molecule has 2 amide bonds. The fourth-order valence-electron chi connectivity index (χ4n) is 5.27. The van der Waals surface area contributed by atoms with E-state index in [0.717, 1.165) is 16.4 Å². The van der Waals surface area contributed by atoms with Crippen LogP contribution in [0.2, 0.25) is 0 Å². The zero-order valence-electron chi connectivity index (χ0n) is 24.3. The predicted molar refractivity (Wildman–Crippen MR) is 157 cm³/mol. The lowest BCUT2D eigenvalue weighted by Crippen LogP contribution is -2.50. The van der Waals surface area contributed by atoms with Gasteiger partial charge in [-0.15, -0.1) is 0 Å². The van der Waals surface area contributed by atoms with Gasteiger partial charge >= 0.3 is 0 Å². The second-order valence-corrected chi connectivity index (χ2v) is 12.4. The summed E-state index contributed by atoms with van der Waals surface area (Å²) < 4.78 is 45.0. The van der Waals surface area contributed by atoms with Crippen molar-refractivity contribution in [2.75, 3.05) is 40.1 Å². The molecule has 14 heteroatoms. The van der Waals surface area contributed by atoms with Gasteiger partial charge in [0, 0.05) is 58.1 Å². The van der Waals surface area contributed by atoms with E-state index >= 15 is 0 Å². The van der Waals surface area contributed by atoms with Crippen molar-refractivity contribution >= 4 is 21.8 Å². The van der Waals surface area contributed by atoms with Crippen molar-refractivity contribution in [3.05, 3.63) is 78.1 Å². The Bertz CT molecular complexity index is 1550. The summed E-state index contributed by atoms with van der Waals surface area (Å²) in [4.78, 5) is 34.3. The Balaban J connectivity index is 1.33. The number of amides is 2.